The van der Waals surface area contributed by atoms with Crippen molar-refractivity contribution >= 4 is 5.97 Å². The summed E-state index contributed by atoms with van der Waals surface area (Å²) in [6.45, 7) is 4.03. The molecule has 0 aliphatic carbocycles. The molecule has 122 valence electrons. The van der Waals surface area contributed by atoms with Crippen LogP contribution in [0.3, 0.4) is 0 Å². The third-order valence-corrected chi connectivity index (χ3v) is 3.76. The van der Waals surface area contributed by atoms with Gasteiger partial charge in [0.15, 0.2) is 0 Å². The van der Waals surface area contributed by atoms with Crippen molar-refractivity contribution in [2.75, 3.05) is 0 Å². The minimum absolute atomic E-state index is 0.186. The monoisotopic (exact) mass is 294 g/mol. The highest BCUT2D eigenvalue weighted by molar-refractivity contribution is 5.69. The highest BCUT2D eigenvalue weighted by Gasteiger charge is 2.09. The van der Waals surface area contributed by atoms with Gasteiger partial charge in [-0.05, 0) is 38.5 Å². The summed E-state index contributed by atoms with van der Waals surface area (Å²) < 4.78 is 0. The van der Waals surface area contributed by atoms with Crippen LogP contribution in [0, 0.1) is 5.92 Å². The molecule has 0 aromatic carbocycles. The number of carboxylic acids is 1. The van der Waals surface area contributed by atoms with Crippen molar-refractivity contribution in [1.29, 1.82) is 0 Å². The molecule has 0 aliphatic rings. The summed E-state index contributed by atoms with van der Waals surface area (Å²) in [6.07, 6.45) is 21.9. The van der Waals surface area contributed by atoms with Crippen LogP contribution in [0.2, 0.25) is 0 Å². The topological polar surface area (TPSA) is 37.3 Å². The number of rotatable bonds is 14. The van der Waals surface area contributed by atoms with Gasteiger partial charge in [-0.1, -0.05) is 70.3 Å². The van der Waals surface area contributed by atoms with Gasteiger partial charge in [-0.25, -0.2) is 0 Å². The molecule has 1 N–H and O–H groups in total. The van der Waals surface area contributed by atoms with Gasteiger partial charge in [0.05, 0.1) is 5.92 Å². The molecule has 1 unspecified atom stereocenters. The molecule has 0 aromatic rings. The van der Waals surface area contributed by atoms with E-state index in [1.807, 2.05) is 0 Å². The Morgan fingerprint density at radius 2 is 1.48 bits per heavy atom. The predicted molar refractivity (Wildman–Crippen MR) is 91.5 cm³/mol. The maximum absolute atomic E-state index is 10.6. The lowest BCUT2D eigenvalue weighted by Crippen LogP contribution is -2.08. The fraction of sp³-hybridized carbons (Fsp3) is 0.737. The van der Waals surface area contributed by atoms with Crippen LogP contribution >= 0.6 is 0 Å². The first-order valence-corrected chi connectivity index (χ1v) is 8.71. The van der Waals surface area contributed by atoms with E-state index in [1.54, 1.807) is 6.92 Å². The molecule has 0 spiro atoms. The van der Waals surface area contributed by atoms with Crippen molar-refractivity contribution in [1.82, 2.24) is 0 Å². The smallest absolute Gasteiger partial charge is 0.306 e. The molecule has 0 aromatic heterocycles. The van der Waals surface area contributed by atoms with E-state index in [2.05, 4.69) is 31.2 Å². The zero-order valence-electron chi connectivity index (χ0n) is 14.0. The van der Waals surface area contributed by atoms with Crippen molar-refractivity contribution in [3.63, 3.8) is 0 Å². The van der Waals surface area contributed by atoms with Crippen LogP contribution in [-0.2, 0) is 4.79 Å². The van der Waals surface area contributed by atoms with Crippen molar-refractivity contribution in [2.45, 2.75) is 84.5 Å². The van der Waals surface area contributed by atoms with Crippen LogP contribution in [0.15, 0.2) is 24.3 Å². The Morgan fingerprint density at radius 1 is 0.905 bits per heavy atom. The number of allylic oxidation sites excluding steroid dienone is 4. The lowest BCUT2D eigenvalue weighted by atomic mass is 10.0. The van der Waals surface area contributed by atoms with Crippen molar-refractivity contribution in [3.8, 4) is 0 Å². The third-order valence-electron chi connectivity index (χ3n) is 3.76. The van der Waals surface area contributed by atoms with Gasteiger partial charge in [-0.2, -0.15) is 0 Å². The van der Waals surface area contributed by atoms with E-state index in [-0.39, 0.29) is 5.92 Å². The number of carbonyl (C=O) groups is 1. The fourth-order valence-corrected chi connectivity index (χ4v) is 2.21. The van der Waals surface area contributed by atoms with Crippen LogP contribution < -0.4 is 0 Å². The van der Waals surface area contributed by atoms with E-state index < -0.39 is 5.97 Å². The second-order valence-electron chi connectivity index (χ2n) is 5.91. The van der Waals surface area contributed by atoms with Crippen LogP contribution in [-0.4, -0.2) is 11.1 Å². The maximum atomic E-state index is 10.6. The van der Waals surface area contributed by atoms with Gasteiger partial charge in [0.1, 0.15) is 0 Å². The molecule has 0 saturated heterocycles. The Hall–Kier alpha value is -1.05. The zero-order chi connectivity index (χ0) is 15.8. The van der Waals surface area contributed by atoms with Gasteiger partial charge >= 0.3 is 5.97 Å². The van der Waals surface area contributed by atoms with Crippen molar-refractivity contribution in [2.24, 2.45) is 5.92 Å². The molecule has 0 amide bonds. The summed E-state index contributed by atoms with van der Waals surface area (Å²) in [5.41, 5.74) is 0. The molecule has 0 aliphatic heterocycles. The highest BCUT2D eigenvalue weighted by Crippen LogP contribution is 2.11. The number of hydrogen-bond acceptors (Lipinski definition) is 1. The van der Waals surface area contributed by atoms with E-state index in [0.717, 1.165) is 32.1 Å². The van der Waals surface area contributed by atoms with Crippen LogP contribution in [0.25, 0.3) is 0 Å². The first-order valence-electron chi connectivity index (χ1n) is 8.71. The summed E-state index contributed by atoms with van der Waals surface area (Å²) in [5, 5.41) is 8.77. The van der Waals surface area contributed by atoms with E-state index in [9.17, 15) is 4.79 Å². The second kappa shape index (κ2) is 15.3. The molecular weight excluding hydrogens is 260 g/mol. The lowest BCUT2D eigenvalue weighted by Gasteiger charge is -2.04. The molecule has 0 rings (SSSR count). The van der Waals surface area contributed by atoms with E-state index >= 15 is 0 Å². The van der Waals surface area contributed by atoms with Crippen LogP contribution in [0.4, 0.5) is 0 Å². The van der Waals surface area contributed by atoms with Gasteiger partial charge in [0.2, 0.25) is 0 Å². The Bertz CT molecular complexity index is 292. The van der Waals surface area contributed by atoms with E-state index in [0.29, 0.717) is 0 Å². The molecule has 1 atom stereocenters. The Morgan fingerprint density at radius 3 is 2.05 bits per heavy atom. The summed E-state index contributed by atoms with van der Waals surface area (Å²) in [5.74, 6) is -0.852. The van der Waals surface area contributed by atoms with Crippen molar-refractivity contribution < 1.29 is 9.90 Å². The summed E-state index contributed by atoms with van der Waals surface area (Å²) in [6, 6.07) is 0. The third kappa shape index (κ3) is 15.2. The van der Waals surface area contributed by atoms with Gasteiger partial charge in [0.25, 0.3) is 0 Å². The normalized spacial score (nSPS) is 13.2. The molecule has 0 saturated carbocycles. The average molecular weight is 294 g/mol. The summed E-state index contributed by atoms with van der Waals surface area (Å²) in [7, 11) is 0. The number of carboxylic acid groups (broad SMARTS) is 1. The molecule has 0 heterocycles. The fourth-order valence-electron chi connectivity index (χ4n) is 2.21. The largest absolute Gasteiger partial charge is 0.481 e. The molecule has 0 radical (unpaired) electrons. The molecular formula is C19H34O2. The summed E-state index contributed by atoms with van der Waals surface area (Å²) in [4.78, 5) is 10.6. The standard InChI is InChI=1S/C19H34O2/c1-3-4-5-6-7-8-9-10-11-12-13-14-15-16-17-18(2)19(20)21/h7-8,10-11,18H,3-6,9,12-17H2,1-2H3,(H,20,21). The maximum Gasteiger partial charge on any atom is 0.306 e. The lowest BCUT2D eigenvalue weighted by molar-refractivity contribution is -0.141. The first kappa shape index (κ1) is 19.9. The predicted octanol–water partition coefficient (Wildman–Crippen LogP) is 6.13. The van der Waals surface area contributed by atoms with E-state index in [1.165, 1.54) is 38.5 Å². The minimum Gasteiger partial charge on any atom is -0.481 e. The molecule has 2 heteroatoms. The van der Waals surface area contributed by atoms with Crippen molar-refractivity contribution in [3.05, 3.63) is 24.3 Å². The SMILES string of the molecule is CCCCCC=CCC=CCCCCCCC(C)C(=O)O. The Kier molecular flexibility index (Phi) is 14.6. The molecule has 2 nitrogen and oxygen atoms in total. The van der Waals surface area contributed by atoms with E-state index in [4.69, 9.17) is 5.11 Å². The number of hydrogen-bond donors (Lipinski definition) is 1. The average Bonchev–Trinajstić information content (AvgIpc) is 2.47. The van der Waals surface area contributed by atoms with Gasteiger partial charge in [-0.3, -0.25) is 4.79 Å². The first-order chi connectivity index (χ1) is 10.2. The van der Waals surface area contributed by atoms with Gasteiger partial charge in [-0.15, -0.1) is 0 Å². The number of unbranched alkanes of at least 4 members (excludes halogenated alkanes) is 7. The number of aliphatic carboxylic acids is 1. The highest BCUT2D eigenvalue weighted by atomic mass is 16.4. The molecule has 0 fully saturated rings. The Labute approximate surface area is 131 Å². The Balaban J connectivity index is 3.27. The zero-order valence-corrected chi connectivity index (χ0v) is 14.0. The quantitative estimate of drug-likeness (QED) is 0.309. The second-order valence-corrected chi connectivity index (χ2v) is 5.91. The summed E-state index contributed by atoms with van der Waals surface area (Å²) >= 11 is 0. The minimum atomic E-state index is -0.666. The molecule has 21 heavy (non-hydrogen) atoms. The van der Waals surface area contributed by atoms with Crippen LogP contribution in [0.5, 0.6) is 0 Å². The van der Waals surface area contributed by atoms with Gasteiger partial charge in [0, 0.05) is 0 Å². The van der Waals surface area contributed by atoms with Crippen LogP contribution in [0.1, 0.15) is 84.5 Å². The van der Waals surface area contributed by atoms with Gasteiger partial charge < -0.3 is 5.11 Å². The molecule has 0 bridgehead atoms.